The molecule has 0 saturated heterocycles. The topological polar surface area (TPSA) is 266 Å². The first kappa shape index (κ1) is 56.9. The predicted molar refractivity (Wildman–Crippen MR) is 216 cm³/mol. The zero-order valence-electron chi connectivity index (χ0n) is 34.2. The van der Waals surface area contributed by atoms with E-state index >= 15 is 0 Å². The molecule has 0 atom stereocenters. The third kappa shape index (κ3) is 24.7. The molecule has 0 aliphatic heterocycles. The fourth-order valence-corrected chi connectivity index (χ4v) is 3.79. The van der Waals surface area contributed by atoms with Crippen molar-refractivity contribution in [1.82, 2.24) is 0 Å². The molecule has 0 aliphatic rings. The second-order valence-corrected chi connectivity index (χ2v) is 12.5. The number of hydrogen-bond acceptors (Lipinski definition) is 20. The van der Waals surface area contributed by atoms with E-state index < -0.39 is 110 Å². The molecular weight excluding hydrogens is 824 g/mol. The van der Waals surface area contributed by atoms with Gasteiger partial charge in [0.1, 0.15) is 64.9 Å². The van der Waals surface area contributed by atoms with Crippen molar-refractivity contribution < 1.29 is 95.6 Å². The predicted octanol–water partition coefficient (Wildman–Crippen LogP) is 1.50. The molecule has 0 aliphatic carbocycles. The molecule has 0 bridgehead atoms. The van der Waals surface area contributed by atoms with E-state index in [2.05, 4.69) is 59.2 Å². The van der Waals surface area contributed by atoms with Crippen molar-refractivity contribution in [3.63, 3.8) is 0 Å². The van der Waals surface area contributed by atoms with Crippen molar-refractivity contribution >= 4 is 53.7 Å². The van der Waals surface area contributed by atoms with Crippen LogP contribution in [-0.2, 0) is 90.5 Å². The fourth-order valence-electron chi connectivity index (χ4n) is 3.79. The number of esters is 9. The molecule has 0 aromatic rings. The fraction of sp³-hybridized carbons (Fsp3) is 0.357. The first-order valence-electron chi connectivity index (χ1n) is 17.7. The number of carbonyl (C=O) groups excluding carboxylic acids is 9. The van der Waals surface area contributed by atoms with Crippen molar-refractivity contribution in [2.45, 2.75) is 0 Å². The lowest BCUT2D eigenvalue weighted by molar-refractivity contribution is -0.169. The van der Waals surface area contributed by atoms with Gasteiger partial charge >= 0.3 is 53.7 Å². The SMILES string of the molecule is C=CC(=O)OCC(CO)(COCC(COC(=O)C=C)(COC(=O)C=C)COC(=O)C=C)COC(=O)C=C.C=CC(=O)OCC(COC(=O)C=C)(COC(=O)C=C)COC(=O)C=C. The van der Waals surface area contributed by atoms with Crippen molar-refractivity contribution in [2.24, 2.45) is 16.2 Å². The minimum Gasteiger partial charge on any atom is -0.462 e. The zero-order chi connectivity index (χ0) is 47.6. The molecule has 0 spiro atoms. The summed E-state index contributed by atoms with van der Waals surface area (Å²) in [6.07, 6.45) is 8.19. The summed E-state index contributed by atoms with van der Waals surface area (Å²) >= 11 is 0. The molecule has 0 radical (unpaired) electrons. The summed E-state index contributed by atoms with van der Waals surface area (Å²) in [7, 11) is 0. The first-order chi connectivity index (χ1) is 29.4. The van der Waals surface area contributed by atoms with Gasteiger partial charge in [0.05, 0.1) is 30.7 Å². The van der Waals surface area contributed by atoms with Crippen LogP contribution in [0, 0.1) is 16.2 Å². The zero-order valence-corrected chi connectivity index (χ0v) is 34.2. The van der Waals surface area contributed by atoms with Crippen LogP contribution in [0.15, 0.2) is 114 Å². The molecule has 20 nitrogen and oxygen atoms in total. The molecule has 0 unspecified atom stereocenters. The normalized spacial score (nSPS) is 10.4. The van der Waals surface area contributed by atoms with Crippen LogP contribution < -0.4 is 0 Å². The minimum atomic E-state index is -1.44. The first-order valence-corrected chi connectivity index (χ1v) is 17.7. The lowest BCUT2D eigenvalue weighted by Gasteiger charge is -2.34. The molecular formula is C42H52O20. The van der Waals surface area contributed by atoms with Gasteiger partial charge in [-0.05, 0) is 0 Å². The molecule has 0 heterocycles. The Morgan fingerprint density at radius 2 is 0.435 bits per heavy atom. The number of aliphatic hydroxyl groups excluding tert-OH is 1. The van der Waals surface area contributed by atoms with E-state index in [4.69, 9.17) is 47.4 Å². The van der Waals surface area contributed by atoms with E-state index in [1.807, 2.05) is 0 Å². The van der Waals surface area contributed by atoms with E-state index in [0.717, 1.165) is 54.7 Å². The second-order valence-electron chi connectivity index (χ2n) is 12.5. The summed E-state index contributed by atoms with van der Waals surface area (Å²) in [5.41, 5.74) is -4.21. The number of rotatable bonds is 32. The van der Waals surface area contributed by atoms with Crippen LogP contribution in [0.2, 0.25) is 0 Å². The van der Waals surface area contributed by atoms with Crippen LogP contribution in [0.5, 0.6) is 0 Å². The maximum absolute atomic E-state index is 11.7. The summed E-state index contributed by atoms with van der Waals surface area (Å²) < 4.78 is 50.9. The highest BCUT2D eigenvalue weighted by molar-refractivity contribution is 5.84. The van der Waals surface area contributed by atoms with E-state index in [1.54, 1.807) is 0 Å². The highest BCUT2D eigenvalue weighted by Gasteiger charge is 2.40. The Morgan fingerprint density at radius 1 is 0.290 bits per heavy atom. The van der Waals surface area contributed by atoms with E-state index in [0.29, 0.717) is 0 Å². The van der Waals surface area contributed by atoms with Crippen LogP contribution in [0.3, 0.4) is 0 Å². The van der Waals surface area contributed by atoms with Crippen LogP contribution in [0.4, 0.5) is 0 Å². The minimum absolute atomic E-state index is 0.375. The summed E-state index contributed by atoms with van der Waals surface area (Å²) in [6.45, 7) is 24.3. The van der Waals surface area contributed by atoms with Gasteiger partial charge in [0.25, 0.3) is 0 Å². The summed E-state index contributed by atoms with van der Waals surface area (Å²) in [6, 6.07) is 0. The number of ether oxygens (including phenoxy) is 10. The van der Waals surface area contributed by atoms with Crippen molar-refractivity contribution in [3.05, 3.63) is 114 Å². The molecule has 0 aromatic heterocycles. The average molecular weight is 877 g/mol. The summed E-state index contributed by atoms with van der Waals surface area (Å²) in [5, 5.41) is 10.0. The third-order valence-electron chi connectivity index (χ3n) is 7.34. The van der Waals surface area contributed by atoms with Gasteiger partial charge in [-0.1, -0.05) is 59.2 Å². The number of carbonyl (C=O) groups is 9. The Balaban J connectivity index is 0. The van der Waals surface area contributed by atoms with Gasteiger partial charge in [-0.2, -0.15) is 0 Å². The van der Waals surface area contributed by atoms with Gasteiger partial charge in [0, 0.05) is 54.7 Å². The molecule has 340 valence electrons. The van der Waals surface area contributed by atoms with Gasteiger partial charge in [-0.3, -0.25) is 0 Å². The molecule has 0 amide bonds. The quantitative estimate of drug-likeness (QED) is 0.0570. The Kier molecular flexibility index (Phi) is 29.1. The highest BCUT2D eigenvalue weighted by Crippen LogP contribution is 2.26. The smallest absolute Gasteiger partial charge is 0.330 e. The molecule has 0 aromatic carbocycles. The van der Waals surface area contributed by atoms with E-state index in [9.17, 15) is 48.3 Å². The molecule has 1 N–H and O–H groups in total. The second kappa shape index (κ2) is 31.7. The lowest BCUT2D eigenvalue weighted by Crippen LogP contribution is -2.46. The highest BCUT2D eigenvalue weighted by atomic mass is 16.6. The monoisotopic (exact) mass is 876 g/mol. The van der Waals surface area contributed by atoms with Crippen LogP contribution in [0.1, 0.15) is 0 Å². The van der Waals surface area contributed by atoms with Gasteiger partial charge in [-0.15, -0.1) is 0 Å². The van der Waals surface area contributed by atoms with Crippen LogP contribution in [-0.4, -0.2) is 138 Å². The molecule has 0 fully saturated rings. The Labute approximate surface area is 358 Å². The number of hydrogen-bond donors (Lipinski definition) is 1. The van der Waals surface area contributed by atoms with E-state index in [1.165, 1.54) is 0 Å². The van der Waals surface area contributed by atoms with Crippen molar-refractivity contribution in [3.8, 4) is 0 Å². The average Bonchev–Trinajstić information content (AvgIpc) is 3.30. The Morgan fingerprint density at radius 3 is 0.597 bits per heavy atom. The largest absolute Gasteiger partial charge is 0.462 e. The molecule has 20 heteroatoms. The maximum atomic E-state index is 11.7. The molecule has 0 rings (SSSR count). The van der Waals surface area contributed by atoms with Crippen LogP contribution >= 0.6 is 0 Å². The number of aliphatic hydroxyl groups is 1. The summed E-state index contributed by atoms with van der Waals surface area (Å²) in [4.78, 5) is 104. The summed E-state index contributed by atoms with van der Waals surface area (Å²) in [5.74, 6) is -7.08. The van der Waals surface area contributed by atoms with Crippen molar-refractivity contribution in [1.29, 1.82) is 0 Å². The third-order valence-corrected chi connectivity index (χ3v) is 7.34. The van der Waals surface area contributed by atoms with Gasteiger partial charge < -0.3 is 52.5 Å². The van der Waals surface area contributed by atoms with Gasteiger partial charge in [-0.25, -0.2) is 43.2 Å². The molecule has 62 heavy (non-hydrogen) atoms. The molecule has 0 saturated carbocycles. The Bertz CT molecular complexity index is 1490. The van der Waals surface area contributed by atoms with Crippen LogP contribution in [0.25, 0.3) is 0 Å². The standard InChI is InChI=1S/C25H32O12.C17H20O8/c1-6-19(27)33-14-24(11-26,15-34-20(28)7-2)12-32-13-25(16-35-21(29)8-3,17-36-22(30)9-4)18-37-23(31)10-5;1-5-13(18)22-9-17(10-23-14(19)6-2,11-24-15(20)7-3)12-25-16(21)8-4/h6-10,26H,1-5,11-18H2;5-8H,1-4,9-12H2. The van der Waals surface area contributed by atoms with Gasteiger partial charge in [0.2, 0.25) is 0 Å². The maximum Gasteiger partial charge on any atom is 0.330 e. The Hall–Kier alpha value is -7.19. The van der Waals surface area contributed by atoms with Gasteiger partial charge in [0.15, 0.2) is 0 Å². The van der Waals surface area contributed by atoms with Crippen molar-refractivity contribution in [2.75, 3.05) is 79.3 Å². The van der Waals surface area contributed by atoms with E-state index in [-0.39, 0.29) is 39.6 Å². The lowest BCUT2D eigenvalue weighted by atomic mass is 9.90.